The maximum Gasteiger partial charge on any atom is 0.254 e. The molecule has 0 fully saturated rings. The van der Waals surface area contributed by atoms with Crippen LogP contribution in [0.2, 0.25) is 0 Å². The first kappa shape index (κ1) is 13.1. The molecular formula is C15H22N2O. The molecule has 98 valence electrons. The van der Waals surface area contributed by atoms with Crippen molar-refractivity contribution in [2.75, 3.05) is 19.6 Å². The molecule has 1 aromatic rings. The van der Waals surface area contributed by atoms with Gasteiger partial charge in [0.05, 0.1) is 0 Å². The molecule has 0 aromatic heterocycles. The minimum Gasteiger partial charge on any atom is -0.337 e. The molecule has 1 heterocycles. The number of likely N-dealkylation sites (N-methyl/N-ethyl adjacent to an activating group) is 1. The Kier molecular flexibility index (Phi) is 4.37. The van der Waals surface area contributed by atoms with E-state index in [0.717, 1.165) is 38.0 Å². The Morgan fingerprint density at radius 3 is 2.94 bits per heavy atom. The Balaban J connectivity index is 2.12. The van der Waals surface area contributed by atoms with Gasteiger partial charge in [0.15, 0.2) is 0 Å². The fourth-order valence-electron chi connectivity index (χ4n) is 2.60. The van der Waals surface area contributed by atoms with Crippen molar-refractivity contribution in [1.29, 1.82) is 0 Å². The molecule has 0 saturated heterocycles. The van der Waals surface area contributed by atoms with Gasteiger partial charge in [-0.25, -0.2) is 0 Å². The number of carbonyl (C=O) groups excluding carboxylic acids is 1. The maximum atomic E-state index is 12.5. The summed E-state index contributed by atoms with van der Waals surface area (Å²) in [5, 5.41) is 3.36. The van der Waals surface area contributed by atoms with Crippen molar-refractivity contribution >= 4 is 5.91 Å². The number of carbonyl (C=O) groups is 1. The molecule has 0 saturated carbocycles. The lowest BCUT2D eigenvalue weighted by Gasteiger charge is -2.25. The number of rotatable bonds is 4. The van der Waals surface area contributed by atoms with Gasteiger partial charge in [-0.05, 0) is 37.9 Å². The lowest BCUT2D eigenvalue weighted by atomic mass is 10.0. The number of amides is 1. The number of nitrogens with one attached hydrogen (secondary N) is 1. The molecular weight excluding hydrogens is 224 g/mol. The van der Waals surface area contributed by atoms with E-state index in [1.807, 2.05) is 23.1 Å². The van der Waals surface area contributed by atoms with E-state index in [0.29, 0.717) is 6.04 Å². The van der Waals surface area contributed by atoms with E-state index < -0.39 is 0 Å². The van der Waals surface area contributed by atoms with Crippen molar-refractivity contribution in [3.05, 3.63) is 35.4 Å². The first-order valence-corrected chi connectivity index (χ1v) is 6.83. The Morgan fingerprint density at radius 1 is 1.39 bits per heavy atom. The van der Waals surface area contributed by atoms with E-state index in [1.165, 1.54) is 5.56 Å². The third-order valence-electron chi connectivity index (χ3n) is 3.46. The molecule has 1 aromatic carbocycles. The third-order valence-corrected chi connectivity index (χ3v) is 3.46. The van der Waals surface area contributed by atoms with Crippen LogP contribution in [-0.4, -0.2) is 36.5 Å². The predicted octanol–water partition coefficient (Wildman–Crippen LogP) is 2.07. The summed E-state index contributed by atoms with van der Waals surface area (Å²) in [4.78, 5) is 14.5. The van der Waals surface area contributed by atoms with Crippen LogP contribution in [0.5, 0.6) is 0 Å². The molecule has 1 aliphatic heterocycles. The summed E-state index contributed by atoms with van der Waals surface area (Å²) < 4.78 is 0. The van der Waals surface area contributed by atoms with Gasteiger partial charge in [-0.2, -0.15) is 0 Å². The van der Waals surface area contributed by atoms with Gasteiger partial charge in [0.1, 0.15) is 0 Å². The predicted molar refractivity (Wildman–Crippen MR) is 73.8 cm³/mol. The molecule has 2 rings (SSSR count). The van der Waals surface area contributed by atoms with E-state index in [9.17, 15) is 4.79 Å². The maximum absolute atomic E-state index is 12.5. The van der Waals surface area contributed by atoms with Crippen LogP contribution in [0.1, 0.15) is 36.2 Å². The van der Waals surface area contributed by atoms with Gasteiger partial charge in [0.2, 0.25) is 0 Å². The lowest BCUT2D eigenvalue weighted by Crippen LogP contribution is -2.42. The molecule has 1 aliphatic rings. The van der Waals surface area contributed by atoms with Gasteiger partial charge in [-0.3, -0.25) is 4.79 Å². The van der Waals surface area contributed by atoms with Crippen LogP contribution < -0.4 is 5.32 Å². The molecule has 18 heavy (non-hydrogen) atoms. The minimum absolute atomic E-state index is 0.188. The normalized spacial score (nSPS) is 17.2. The first-order valence-electron chi connectivity index (χ1n) is 6.83. The molecule has 1 amide bonds. The zero-order valence-corrected chi connectivity index (χ0v) is 11.3. The number of benzene rings is 1. The van der Waals surface area contributed by atoms with Crippen molar-refractivity contribution in [2.45, 2.75) is 32.7 Å². The Bertz CT molecular complexity index is 417. The fraction of sp³-hybridized carbons (Fsp3) is 0.533. The van der Waals surface area contributed by atoms with Gasteiger partial charge in [0, 0.05) is 24.7 Å². The largest absolute Gasteiger partial charge is 0.337 e. The molecule has 0 bridgehead atoms. The van der Waals surface area contributed by atoms with E-state index in [1.54, 1.807) is 0 Å². The van der Waals surface area contributed by atoms with Crippen LogP contribution in [-0.2, 0) is 6.42 Å². The summed E-state index contributed by atoms with van der Waals surface area (Å²) in [6.07, 6.45) is 2.07. The van der Waals surface area contributed by atoms with E-state index >= 15 is 0 Å². The number of fused-ring (bicyclic) bond motifs is 1. The standard InChI is InChI=1S/C15H22N2O/c1-3-16-12(2)11-17-10-6-8-13-7-4-5-9-14(13)15(17)18/h4-5,7,9,12,16H,3,6,8,10-11H2,1-2H3. The smallest absolute Gasteiger partial charge is 0.254 e. The number of aryl methyl sites for hydroxylation is 1. The van der Waals surface area contributed by atoms with Crippen LogP contribution in [0.4, 0.5) is 0 Å². The molecule has 1 unspecified atom stereocenters. The average Bonchev–Trinajstić information content (AvgIpc) is 2.51. The zero-order valence-electron chi connectivity index (χ0n) is 11.3. The Hall–Kier alpha value is -1.35. The fourth-order valence-corrected chi connectivity index (χ4v) is 2.60. The third kappa shape index (κ3) is 2.91. The quantitative estimate of drug-likeness (QED) is 0.882. The second-order valence-corrected chi connectivity index (χ2v) is 4.97. The summed E-state index contributed by atoms with van der Waals surface area (Å²) in [5.41, 5.74) is 2.08. The van der Waals surface area contributed by atoms with E-state index in [4.69, 9.17) is 0 Å². The number of hydrogen-bond donors (Lipinski definition) is 1. The van der Waals surface area contributed by atoms with E-state index in [-0.39, 0.29) is 5.91 Å². The van der Waals surface area contributed by atoms with Crippen molar-refractivity contribution in [2.24, 2.45) is 0 Å². The minimum atomic E-state index is 0.188. The molecule has 1 atom stereocenters. The van der Waals surface area contributed by atoms with Gasteiger partial charge < -0.3 is 10.2 Å². The van der Waals surface area contributed by atoms with Gasteiger partial charge in [-0.15, -0.1) is 0 Å². The van der Waals surface area contributed by atoms with Crippen molar-refractivity contribution in [3.63, 3.8) is 0 Å². The highest BCUT2D eigenvalue weighted by Gasteiger charge is 2.22. The molecule has 0 radical (unpaired) electrons. The van der Waals surface area contributed by atoms with Crippen molar-refractivity contribution in [1.82, 2.24) is 10.2 Å². The summed E-state index contributed by atoms with van der Waals surface area (Å²) in [6.45, 7) is 6.83. The van der Waals surface area contributed by atoms with Crippen LogP contribution in [0, 0.1) is 0 Å². The monoisotopic (exact) mass is 246 g/mol. The highest BCUT2D eigenvalue weighted by Crippen LogP contribution is 2.18. The second-order valence-electron chi connectivity index (χ2n) is 4.97. The SMILES string of the molecule is CCNC(C)CN1CCCc2ccccc2C1=O. The van der Waals surface area contributed by atoms with Crippen molar-refractivity contribution < 1.29 is 4.79 Å². The Morgan fingerprint density at radius 2 is 2.17 bits per heavy atom. The van der Waals surface area contributed by atoms with Crippen LogP contribution in [0.3, 0.4) is 0 Å². The van der Waals surface area contributed by atoms with Crippen molar-refractivity contribution in [3.8, 4) is 0 Å². The summed E-state index contributed by atoms with van der Waals surface area (Å²) in [7, 11) is 0. The summed E-state index contributed by atoms with van der Waals surface area (Å²) >= 11 is 0. The summed E-state index contributed by atoms with van der Waals surface area (Å²) in [6, 6.07) is 8.35. The van der Waals surface area contributed by atoms with Gasteiger partial charge in [0.25, 0.3) is 5.91 Å². The zero-order chi connectivity index (χ0) is 13.0. The molecule has 3 nitrogen and oxygen atoms in total. The van der Waals surface area contributed by atoms with Crippen LogP contribution >= 0.6 is 0 Å². The molecule has 3 heteroatoms. The van der Waals surface area contributed by atoms with Crippen LogP contribution in [0.25, 0.3) is 0 Å². The number of hydrogen-bond acceptors (Lipinski definition) is 2. The molecule has 0 spiro atoms. The highest BCUT2D eigenvalue weighted by molar-refractivity contribution is 5.96. The first-order chi connectivity index (χ1) is 8.72. The molecule has 1 N–H and O–H groups in total. The topological polar surface area (TPSA) is 32.3 Å². The summed E-state index contributed by atoms with van der Waals surface area (Å²) in [5.74, 6) is 0.188. The lowest BCUT2D eigenvalue weighted by molar-refractivity contribution is 0.0747. The highest BCUT2D eigenvalue weighted by atomic mass is 16.2. The van der Waals surface area contributed by atoms with Gasteiger partial charge >= 0.3 is 0 Å². The Labute approximate surface area is 109 Å². The average molecular weight is 246 g/mol. The van der Waals surface area contributed by atoms with Crippen LogP contribution in [0.15, 0.2) is 24.3 Å². The van der Waals surface area contributed by atoms with Gasteiger partial charge in [-0.1, -0.05) is 25.1 Å². The van der Waals surface area contributed by atoms with E-state index in [2.05, 4.69) is 25.2 Å². The number of nitrogens with zero attached hydrogens (tertiary/aromatic N) is 1. The molecule has 0 aliphatic carbocycles. The second kappa shape index (κ2) is 6.01.